The van der Waals surface area contributed by atoms with E-state index < -0.39 is 42.0 Å². The van der Waals surface area contributed by atoms with Gasteiger partial charge in [-0.1, -0.05) is 13.8 Å². The number of nitrogens with two attached hydrogens (primary N) is 3. The molecule has 1 saturated heterocycles. The molecule has 1 heterocycles. The van der Waals surface area contributed by atoms with Gasteiger partial charge in [0.05, 0.1) is 6.04 Å². The highest BCUT2D eigenvalue weighted by Gasteiger charge is 2.37. The van der Waals surface area contributed by atoms with Gasteiger partial charge in [-0.15, -0.1) is 0 Å². The van der Waals surface area contributed by atoms with Gasteiger partial charge in [0.1, 0.15) is 18.1 Å². The molecule has 1 fully saturated rings. The molecule has 13 heteroatoms. The zero-order chi connectivity index (χ0) is 26.5. The number of carboxylic acid groups (broad SMARTS) is 1. The number of aliphatic imine (C=N–C) groups is 1. The summed E-state index contributed by atoms with van der Waals surface area (Å²) in [5.41, 5.74) is 16.6. The van der Waals surface area contributed by atoms with Crippen LogP contribution in [0.1, 0.15) is 52.4 Å². The Morgan fingerprint density at radius 3 is 2.40 bits per heavy atom. The minimum Gasteiger partial charge on any atom is -0.480 e. The molecule has 0 saturated carbocycles. The number of aliphatic carboxylic acids is 1. The number of nitrogens with one attached hydrogen (secondary N) is 2. The Kier molecular flexibility index (Phi) is 13.5. The molecule has 0 spiro atoms. The molecule has 200 valence electrons. The molecular formula is C22H41N7O5S. The lowest BCUT2D eigenvalue weighted by molar-refractivity contribution is -0.143. The molecule has 1 aliphatic rings. The number of amides is 3. The number of carboxylic acids is 1. The van der Waals surface area contributed by atoms with Gasteiger partial charge in [0.25, 0.3) is 0 Å². The lowest BCUT2D eigenvalue weighted by atomic mass is 10.0. The Balaban J connectivity index is 2.82. The molecule has 0 radical (unpaired) electrons. The number of nitrogens with zero attached hydrogens (tertiary/aromatic N) is 2. The van der Waals surface area contributed by atoms with Gasteiger partial charge in [-0.2, -0.15) is 11.8 Å². The van der Waals surface area contributed by atoms with Crippen LogP contribution in [0, 0.1) is 5.92 Å². The van der Waals surface area contributed by atoms with E-state index >= 15 is 0 Å². The highest BCUT2D eigenvalue weighted by molar-refractivity contribution is 7.98. The molecule has 1 rings (SSSR count). The molecule has 1 aliphatic heterocycles. The highest BCUT2D eigenvalue weighted by Crippen LogP contribution is 2.20. The van der Waals surface area contributed by atoms with Crippen LogP contribution in [0.15, 0.2) is 4.99 Å². The zero-order valence-electron chi connectivity index (χ0n) is 20.9. The fraction of sp³-hybridized carbons (Fsp3) is 0.773. The molecule has 4 unspecified atom stereocenters. The summed E-state index contributed by atoms with van der Waals surface area (Å²) >= 11 is 1.51. The predicted octanol–water partition coefficient (Wildman–Crippen LogP) is -0.788. The minimum atomic E-state index is -1.12. The lowest BCUT2D eigenvalue weighted by Gasteiger charge is -2.28. The first-order valence-electron chi connectivity index (χ1n) is 11.9. The van der Waals surface area contributed by atoms with E-state index in [-0.39, 0.29) is 24.2 Å². The second-order valence-electron chi connectivity index (χ2n) is 9.12. The number of guanidine groups is 1. The quantitative estimate of drug-likeness (QED) is 0.0916. The van der Waals surface area contributed by atoms with Crippen molar-refractivity contribution in [3.05, 3.63) is 0 Å². The Bertz CT molecular complexity index is 760. The molecule has 35 heavy (non-hydrogen) atoms. The third-order valence-corrected chi connectivity index (χ3v) is 6.33. The monoisotopic (exact) mass is 515 g/mol. The van der Waals surface area contributed by atoms with Crippen molar-refractivity contribution in [2.24, 2.45) is 28.1 Å². The van der Waals surface area contributed by atoms with Crippen LogP contribution in [0.3, 0.4) is 0 Å². The largest absolute Gasteiger partial charge is 0.480 e. The molecule has 9 N–H and O–H groups in total. The van der Waals surface area contributed by atoms with Crippen molar-refractivity contribution < 1.29 is 24.3 Å². The van der Waals surface area contributed by atoms with Crippen molar-refractivity contribution in [1.29, 1.82) is 0 Å². The second-order valence-corrected chi connectivity index (χ2v) is 10.1. The van der Waals surface area contributed by atoms with Crippen LogP contribution in [0.5, 0.6) is 0 Å². The normalized spacial score (nSPS) is 18.0. The maximum Gasteiger partial charge on any atom is 0.326 e. The van der Waals surface area contributed by atoms with E-state index in [1.54, 1.807) is 0 Å². The maximum atomic E-state index is 13.1. The van der Waals surface area contributed by atoms with E-state index in [2.05, 4.69) is 15.6 Å². The molecule has 12 nitrogen and oxygen atoms in total. The maximum absolute atomic E-state index is 13.1. The van der Waals surface area contributed by atoms with Gasteiger partial charge in [-0.3, -0.25) is 19.4 Å². The van der Waals surface area contributed by atoms with E-state index in [4.69, 9.17) is 17.2 Å². The number of rotatable bonds is 15. The van der Waals surface area contributed by atoms with E-state index in [1.165, 1.54) is 16.7 Å². The Morgan fingerprint density at radius 2 is 1.83 bits per heavy atom. The number of hydrogen-bond acceptors (Lipinski definition) is 7. The van der Waals surface area contributed by atoms with Crippen LogP contribution in [0.4, 0.5) is 0 Å². The fourth-order valence-electron chi connectivity index (χ4n) is 3.90. The standard InChI is InChI=1S/C22H41N7O5S/c1-13(2)12-16(21(33)34)28-18(30)15(8-11-35-3)27-19(31)17-7-5-10-29(17)20(32)14(23)6-4-9-26-22(24)25/h13-17H,4-12,23H2,1-3H3,(H,27,31)(H,28,30)(H,33,34)(H4,24,25,26). The summed E-state index contributed by atoms with van der Waals surface area (Å²) in [6.45, 7) is 4.49. The minimum absolute atomic E-state index is 0.0277. The second kappa shape index (κ2) is 15.5. The predicted molar refractivity (Wildman–Crippen MR) is 137 cm³/mol. The molecule has 0 aromatic heterocycles. The van der Waals surface area contributed by atoms with Gasteiger partial charge in [0, 0.05) is 13.1 Å². The van der Waals surface area contributed by atoms with Gasteiger partial charge >= 0.3 is 5.97 Å². The molecular weight excluding hydrogens is 474 g/mol. The lowest BCUT2D eigenvalue weighted by Crippen LogP contribution is -2.56. The van der Waals surface area contributed by atoms with E-state index in [0.29, 0.717) is 50.9 Å². The van der Waals surface area contributed by atoms with Crippen LogP contribution in [0.25, 0.3) is 0 Å². The van der Waals surface area contributed by atoms with Crippen LogP contribution >= 0.6 is 11.8 Å². The van der Waals surface area contributed by atoms with Crippen molar-refractivity contribution in [2.75, 3.05) is 25.1 Å². The van der Waals surface area contributed by atoms with Crippen molar-refractivity contribution in [1.82, 2.24) is 15.5 Å². The van der Waals surface area contributed by atoms with E-state index in [0.717, 1.165) is 0 Å². The summed E-state index contributed by atoms with van der Waals surface area (Å²) in [5.74, 6) is -1.82. The van der Waals surface area contributed by atoms with Crippen molar-refractivity contribution in [3.8, 4) is 0 Å². The van der Waals surface area contributed by atoms with Gasteiger partial charge in [0.15, 0.2) is 5.96 Å². The zero-order valence-corrected chi connectivity index (χ0v) is 21.7. The average molecular weight is 516 g/mol. The van der Waals surface area contributed by atoms with E-state index in [9.17, 15) is 24.3 Å². The summed E-state index contributed by atoms with van der Waals surface area (Å²) in [7, 11) is 0. The summed E-state index contributed by atoms with van der Waals surface area (Å²) < 4.78 is 0. The highest BCUT2D eigenvalue weighted by atomic mass is 32.2. The van der Waals surface area contributed by atoms with E-state index in [1.807, 2.05) is 20.1 Å². The van der Waals surface area contributed by atoms with Crippen molar-refractivity contribution in [2.45, 2.75) is 76.5 Å². The van der Waals surface area contributed by atoms with Crippen LogP contribution in [-0.4, -0.2) is 88.9 Å². The topological polar surface area (TPSA) is 206 Å². The average Bonchev–Trinajstić information content (AvgIpc) is 3.27. The van der Waals surface area contributed by atoms with Crippen LogP contribution < -0.4 is 27.8 Å². The first-order chi connectivity index (χ1) is 16.5. The smallest absolute Gasteiger partial charge is 0.326 e. The number of likely N-dealkylation sites (tertiary alicyclic amines) is 1. The number of carbonyl (C=O) groups excluding carboxylic acids is 3. The molecule has 3 amide bonds. The van der Waals surface area contributed by atoms with Crippen LogP contribution in [-0.2, 0) is 19.2 Å². The van der Waals surface area contributed by atoms with Gasteiger partial charge in [-0.05, 0) is 56.5 Å². The first-order valence-corrected chi connectivity index (χ1v) is 13.3. The van der Waals surface area contributed by atoms with Gasteiger partial charge in [-0.25, -0.2) is 4.79 Å². The number of hydrogen-bond donors (Lipinski definition) is 6. The molecule has 0 aromatic carbocycles. The number of carbonyl (C=O) groups is 4. The first kappa shape index (κ1) is 30.5. The fourth-order valence-corrected chi connectivity index (χ4v) is 4.37. The summed E-state index contributed by atoms with van der Waals surface area (Å²) in [6, 6.07) is -3.48. The Hall–Kier alpha value is -2.54. The molecule has 0 aromatic rings. The van der Waals surface area contributed by atoms with Crippen molar-refractivity contribution >= 4 is 41.4 Å². The van der Waals surface area contributed by atoms with Crippen LogP contribution in [0.2, 0.25) is 0 Å². The third kappa shape index (κ3) is 10.7. The summed E-state index contributed by atoms with van der Waals surface area (Å²) in [5, 5.41) is 14.7. The Morgan fingerprint density at radius 1 is 1.14 bits per heavy atom. The van der Waals surface area contributed by atoms with Crippen molar-refractivity contribution in [3.63, 3.8) is 0 Å². The van der Waals surface area contributed by atoms with Gasteiger partial charge < -0.3 is 37.8 Å². The molecule has 0 aliphatic carbocycles. The SMILES string of the molecule is CSCCC(NC(=O)C1CCCN1C(=O)C(N)CCCN=C(N)N)C(=O)NC(CC(C)C)C(=O)O. The third-order valence-electron chi connectivity index (χ3n) is 5.69. The Labute approximate surface area is 211 Å². The molecule has 0 bridgehead atoms. The molecule has 4 atom stereocenters. The summed E-state index contributed by atoms with van der Waals surface area (Å²) in [6.07, 6.45) is 4.47. The van der Waals surface area contributed by atoms with Gasteiger partial charge in [0.2, 0.25) is 17.7 Å². The summed E-state index contributed by atoms with van der Waals surface area (Å²) in [4.78, 5) is 55.8. The number of thioether (sulfide) groups is 1.